The Hall–Kier alpha value is -1.63. The number of fused-ring (bicyclic) bond motifs is 1. The molecular weight excluding hydrogens is 264 g/mol. The van der Waals surface area contributed by atoms with Gasteiger partial charge in [-0.1, -0.05) is 0 Å². The summed E-state index contributed by atoms with van der Waals surface area (Å²) in [7, 11) is -2.88. The van der Waals surface area contributed by atoms with E-state index in [9.17, 15) is 8.42 Å². The van der Waals surface area contributed by atoms with E-state index in [-0.39, 0.29) is 11.7 Å². The fourth-order valence-corrected chi connectivity index (χ4v) is 4.44. The molecule has 2 aromatic rings. The minimum atomic E-state index is -2.88. The van der Waals surface area contributed by atoms with Gasteiger partial charge in [0.1, 0.15) is 5.82 Å². The lowest BCUT2D eigenvalue weighted by Crippen LogP contribution is -2.27. The normalized spacial score (nSPS) is 22.6. The molecule has 0 aromatic carbocycles. The van der Waals surface area contributed by atoms with Gasteiger partial charge in [0, 0.05) is 12.6 Å². The van der Waals surface area contributed by atoms with Gasteiger partial charge in [-0.15, -0.1) is 10.2 Å². The third-order valence-electron chi connectivity index (χ3n) is 3.56. The van der Waals surface area contributed by atoms with Crippen LogP contribution in [-0.4, -0.2) is 34.5 Å². The Morgan fingerprint density at radius 2 is 2.26 bits per heavy atom. The maximum absolute atomic E-state index is 11.6. The Bertz CT molecular complexity index is 708. The average molecular weight is 280 g/mol. The van der Waals surface area contributed by atoms with Gasteiger partial charge >= 0.3 is 0 Å². The molecule has 3 heterocycles. The zero-order chi connectivity index (χ0) is 13.5. The molecule has 2 N–H and O–H groups in total. The first-order valence-corrected chi connectivity index (χ1v) is 8.16. The van der Waals surface area contributed by atoms with Crippen LogP contribution in [-0.2, 0) is 16.3 Å². The van der Waals surface area contributed by atoms with Gasteiger partial charge in [-0.2, -0.15) is 0 Å². The van der Waals surface area contributed by atoms with E-state index in [1.807, 2.05) is 16.7 Å². The topological polar surface area (TPSA) is 90.3 Å². The lowest BCUT2D eigenvalue weighted by molar-refractivity contribution is 0.474. The lowest BCUT2D eigenvalue weighted by atomic mass is 10.0. The van der Waals surface area contributed by atoms with Crippen molar-refractivity contribution in [1.82, 2.24) is 14.6 Å². The van der Waals surface area contributed by atoms with Gasteiger partial charge in [0.25, 0.3) is 0 Å². The molecule has 3 rings (SSSR count). The number of pyridine rings is 1. The molecule has 0 spiro atoms. The number of hydrogen-bond donors (Lipinski definition) is 1. The molecular formula is C12H16N4O2S. The highest BCUT2D eigenvalue weighted by Gasteiger charge is 2.26. The van der Waals surface area contributed by atoms with Crippen molar-refractivity contribution in [3.63, 3.8) is 0 Å². The summed E-state index contributed by atoms with van der Waals surface area (Å²) in [6.45, 7) is 0. The zero-order valence-corrected chi connectivity index (χ0v) is 11.3. The van der Waals surface area contributed by atoms with Crippen LogP contribution >= 0.6 is 0 Å². The predicted molar refractivity (Wildman–Crippen MR) is 72.5 cm³/mol. The molecule has 2 aromatic heterocycles. The zero-order valence-electron chi connectivity index (χ0n) is 10.5. The van der Waals surface area contributed by atoms with Crippen molar-refractivity contribution in [2.24, 2.45) is 5.92 Å². The largest absolute Gasteiger partial charge is 0.396 e. The van der Waals surface area contributed by atoms with Crippen LogP contribution in [0.25, 0.3) is 5.65 Å². The van der Waals surface area contributed by atoms with Crippen molar-refractivity contribution in [2.75, 3.05) is 17.2 Å². The number of sulfone groups is 1. The molecule has 6 nitrogen and oxygen atoms in total. The quantitative estimate of drug-likeness (QED) is 0.873. The number of nitrogens with two attached hydrogens (primary N) is 1. The first-order chi connectivity index (χ1) is 9.05. The maximum atomic E-state index is 11.6. The van der Waals surface area contributed by atoms with Gasteiger partial charge in [0.05, 0.1) is 17.2 Å². The Balaban J connectivity index is 1.88. The van der Waals surface area contributed by atoms with Gasteiger partial charge < -0.3 is 5.73 Å². The molecule has 1 fully saturated rings. The Morgan fingerprint density at radius 1 is 1.42 bits per heavy atom. The van der Waals surface area contributed by atoms with Crippen LogP contribution in [0.1, 0.15) is 18.7 Å². The SMILES string of the molecule is Nc1cccn2c(CC3CCCS(=O)(=O)C3)nnc12. The molecule has 1 unspecified atom stereocenters. The van der Waals surface area contributed by atoms with Crippen LogP contribution in [0.4, 0.5) is 5.69 Å². The number of aromatic nitrogens is 3. The molecule has 7 heteroatoms. The van der Waals surface area contributed by atoms with Crippen LogP contribution in [0, 0.1) is 5.92 Å². The molecule has 0 saturated carbocycles. The van der Waals surface area contributed by atoms with Gasteiger partial charge in [0.15, 0.2) is 15.5 Å². The summed E-state index contributed by atoms with van der Waals surface area (Å²) in [4.78, 5) is 0. The van der Waals surface area contributed by atoms with Gasteiger partial charge in [-0.05, 0) is 30.9 Å². The summed E-state index contributed by atoms with van der Waals surface area (Å²) in [6.07, 6.45) is 4.16. The molecule has 1 aliphatic heterocycles. The van der Waals surface area contributed by atoms with E-state index in [4.69, 9.17) is 5.73 Å². The fraction of sp³-hybridized carbons (Fsp3) is 0.500. The van der Waals surface area contributed by atoms with E-state index in [0.717, 1.165) is 18.7 Å². The highest BCUT2D eigenvalue weighted by atomic mass is 32.2. The molecule has 0 amide bonds. The molecule has 0 radical (unpaired) electrons. The highest BCUT2D eigenvalue weighted by molar-refractivity contribution is 7.91. The summed E-state index contributed by atoms with van der Waals surface area (Å²) >= 11 is 0. The number of nitrogens with zero attached hydrogens (tertiary/aromatic N) is 3. The summed E-state index contributed by atoms with van der Waals surface area (Å²) in [5.41, 5.74) is 7.04. The summed E-state index contributed by atoms with van der Waals surface area (Å²) in [6, 6.07) is 3.62. The van der Waals surface area contributed by atoms with Crippen LogP contribution in [0.15, 0.2) is 18.3 Å². The van der Waals surface area contributed by atoms with Crippen LogP contribution < -0.4 is 5.73 Å². The second-order valence-electron chi connectivity index (χ2n) is 5.10. The van der Waals surface area contributed by atoms with Crippen molar-refractivity contribution in [3.05, 3.63) is 24.2 Å². The van der Waals surface area contributed by atoms with Crippen molar-refractivity contribution >= 4 is 21.2 Å². The minimum absolute atomic E-state index is 0.132. The van der Waals surface area contributed by atoms with Gasteiger partial charge in [-0.25, -0.2) is 8.42 Å². The fourth-order valence-electron chi connectivity index (χ4n) is 2.66. The third-order valence-corrected chi connectivity index (χ3v) is 5.45. The van der Waals surface area contributed by atoms with Crippen molar-refractivity contribution < 1.29 is 8.42 Å². The first kappa shape index (κ1) is 12.4. The van der Waals surface area contributed by atoms with E-state index in [2.05, 4.69) is 10.2 Å². The predicted octanol–water partition coefficient (Wildman–Crippen LogP) is 0.679. The van der Waals surface area contributed by atoms with E-state index >= 15 is 0 Å². The van der Waals surface area contributed by atoms with E-state index in [1.54, 1.807) is 6.07 Å². The Labute approximate surface area is 111 Å². The second-order valence-corrected chi connectivity index (χ2v) is 7.33. The molecule has 0 bridgehead atoms. The van der Waals surface area contributed by atoms with Gasteiger partial charge in [-0.3, -0.25) is 4.40 Å². The van der Waals surface area contributed by atoms with Crippen LogP contribution in [0.3, 0.4) is 0 Å². The van der Waals surface area contributed by atoms with E-state index < -0.39 is 9.84 Å². The minimum Gasteiger partial charge on any atom is -0.396 e. The number of anilines is 1. The first-order valence-electron chi connectivity index (χ1n) is 6.34. The third kappa shape index (κ3) is 2.42. The monoisotopic (exact) mass is 280 g/mol. The van der Waals surface area contributed by atoms with E-state index in [0.29, 0.717) is 23.5 Å². The highest BCUT2D eigenvalue weighted by Crippen LogP contribution is 2.22. The average Bonchev–Trinajstić information content (AvgIpc) is 2.73. The number of hydrogen-bond acceptors (Lipinski definition) is 5. The lowest BCUT2D eigenvalue weighted by Gasteiger charge is -2.20. The van der Waals surface area contributed by atoms with Crippen molar-refractivity contribution in [1.29, 1.82) is 0 Å². The molecule has 0 aliphatic carbocycles. The summed E-state index contributed by atoms with van der Waals surface area (Å²) in [5.74, 6) is 1.48. The number of rotatable bonds is 2. The molecule has 19 heavy (non-hydrogen) atoms. The van der Waals surface area contributed by atoms with Crippen LogP contribution in [0.2, 0.25) is 0 Å². The summed E-state index contributed by atoms with van der Waals surface area (Å²) < 4.78 is 25.1. The summed E-state index contributed by atoms with van der Waals surface area (Å²) in [5, 5.41) is 8.19. The molecule has 102 valence electrons. The maximum Gasteiger partial charge on any atom is 0.183 e. The second kappa shape index (κ2) is 4.48. The molecule has 1 saturated heterocycles. The Kier molecular flexibility index (Phi) is 2.93. The smallest absolute Gasteiger partial charge is 0.183 e. The Morgan fingerprint density at radius 3 is 3.05 bits per heavy atom. The van der Waals surface area contributed by atoms with E-state index in [1.165, 1.54) is 0 Å². The van der Waals surface area contributed by atoms with Crippen LogP contribution in [0.5, 0.6) is 0 Å². The molecule has 1 aliphatic rings. The standard InChI is InChI=1S/C12H16N4O2S/c13-10-4-1-5-16-11(14-15-12(10)16)7-9-3-2-6-19(17,18)8-9/h1,4-5,9H,2-3,6-8,13H2. The van der Waals surface area contributed by atoms with Crippen molar-refractivity contribution in [2.45, 2.75) is 19.3 Å². The molecule has 1 atom stereocenters. The van der Waals surface area contributed by atoms with Crippen molar-refractivity contribution in [3.8, 4) is 0 Å². The van der Waals surface area contributed by atoms with Gasteiger partial charge in [0.2, 0.25) is 0 Å². The number of nitrogen functional groups attached to an aromatic ring is 1.